The van der Waals surface area contributed by atoms with Crippen LogP contribution >= 0.6 is 39.1 Å². The Labute approximate surface area is 200 Å². The first-order valence-electron chi connectivity index (χ1n) is 10.0. The van der Waals surface area contributed by atoms with Gasteiger partial charge in [-0.15, -0.1) is 0 Å². The summed E-state index contributed by atoms with van der Waals surface area (Å²) in [6, 6.07) is 9.42. The monoisotopic (exact) mass is 523 g/mol. The fourth-order valence-electron chi connectivity index (χ4n) is 3.74. The first-order chi connectivity index (χ1) is 14.7. The van der Waals surface area contributed by atoms with Crippen molar-refractivity contribution in [3.63, 3.8) is 0 Å². The summed E-state index contributed by atoms with van der Waals surface area (Å²) in [6.45, 7) is 8.16. The number of nitrogens with zero attached hydrogens (tertiary/aromatic N) is 3. The minimum Gasteiger partial charge on any atom is -0.461 e. The summed E-state index contributed by atoms with van der Waals surface area (Å²) >= 11 is 16.0. The van der Waals surface area contributed by atoms with Crippen LogP contribution in [0, 0.1) is 6.92 Å². The molecule has 0 N–H and O–H groups in total. The molecule has 0 fully saturated rings. The number of aromatic nitrogens is 3. The molecule has 164 valence electrons. The lowest BCUT2D eigenvalue weighted by molar-refractivity contribution is 0.0518. The van der Waals surface area contributed by atoms with Crippen LogP contribution in [-0.4, -0.2) is 27.1 Å². The zero-order chi connectivity index (χ0) is 22.7. The van der Waals surface area contributed by atoms with Gasteiger partial charge in [-0.25, -0.2) is 9.78 Å². The quantitative estimate of drug-likeness (QED) is 0.319. The average Bonchev–Trinajstić information content (AvgIpc) is 3.04. The second kappa shape index (κ2) is 10.2. The number of ether oxygens (including phenoxy) is 1. The number of esters is 1. The van der Waals surface area contributed by atoms with Crippen LogP contribution < -0.4 is 0 Å². The minimum atomic E-state index is -0.451. The van der Waals surface area contributed by atoms with Gasteiger partial charge in [0.05, 0.1) is 12.3 Å². The summed E-state index contributed by atoms with van der Waals surface area (Å²) in [7, 11) is 0. The number of hydrogen-bond acceptors (Lipinski definition) is 4. The summed E-state index contributed by atoms with van der Waals surface area (Å²) in [5, 5.41) is 1.27. The molecule has 3 aromatic rings. The highest BCUT2D eigenvalue weighted by Crippen LogP contribution is 2.37. The van der Waals surface area contributed by atoms with Gasteiger partial charge in [-0.05, 0) is 79.0 Å². The van der Waals surface area contributed by atoms with Gasteiger partial charge in [0.15, 0.2) is 10.4 Å². The van der Waals surface area contributed by atoms with Crippen molar-refractivity contribution in [2.75, 3.05) is 6.61 Å². The van der Waals surface area contributed by atoms with E-state index in [-0.39, 0.29) is 18.6 Å². The highest BCUT2D eigenvalue weighted by atomic mass is 79.9. The van der Waals surface area contributed by atoms with Crippen LogP contribution in [0.15, 0.2) is 41.3 Å². The van der Waals surface area contributed by atoms with Crippen molar-refractivity contribution in [2.45, 2.75) is 46.1 Å². The molecule has 0 aliphatic carbocycles. The van der Waals surface area contributed by atoms with E-state index in [0.29, 0.717) is 26.9 Å². The van der Waals surface area contributed by atoms with E-state index in [1.807, 2.05) is 49.6 Å². The zero-order valence-corrected chi connectivity index (χ0v) is 20.9. The van der Waals surface area contributed by atoms with Crippen molar-refractivity contribution >= 4 is 45.1 Å². The molecular formula is C23H24BrCl2N3O2. The SMILES string of the molecule is CCOC(=O)c1nc(Br)n(C(C)C)c1C(Cc1cc(Cl)ccn1)c1ccc(Cl)cc1C. The van der Waals surface area contributed by atoms with Crippen LogP contribution in [0.2, 0.25) is 10.0 Å². The molecule has 0 spiro atoms. The number of hydrogen-bond donors (Lipinski definition) is 0. The van der Waals surface area contributed by atoms with Gasteiger partial charge in [0.1, 0.15) is 0 Å². The molecule has 0 saturated heterocycles. The van der Waals surface area contributed by atoms with Crippen LogP contribution in [-0.2, 0) is 11.2 Å². The molecule has 1 aromatic carbocycles. The topological polar surface area (TPSA) is 57.0 Å². The molecule has 1 atom stereocenters. The van der Waals surface area contributed by atoms with E-state index in [1.54, 1.807) is 19.2 Å². The van der Waals surface area contributed by atoms with Gasteiger partial charge in [-0.2, -0.15) is 0 Å². The molecule has 0 aliphatic rings. The van der Waals surface area contributed by atoms with Gasteiger partial charge in [0.2, 0.25) is 0 Å². The molecule has 31 heavy (non-hydrogen) atoms. The van der Waals surface area contributed by atoms with Gasteiger partial charge in [-0.1, -0.05) is 29.3 Å². The Morgan fingerprint density at radius 1 is 1.19 bits per heavy atom. The van der Waals surface area contributed by atoms with E-state index < -0.39 is 5.97 Å². The molecular weight excluding hydrogens is 501 g/mol. The summed E-state index contributed by atoms with van der Waals surface area (Å²) in [5.41, 5.74) is 3.93. The number of benzene rings is 1. The number of imidazole rings is 1. The Morgan fingerprint density at radius 3 is 2.52 bits per heavy atom. The molecule has 0 bridgehead atoms. The fraction of sp³-hybridized carbons (Fsp3) is 0.348. The van der Waals surface area contributed by atoms with Crippen molar-refractivity contribution in [3.05, 3.63) is 79.5 Å². The van der Waals surface area contributed by atoms with E-state index in [9.17, 15) is 4.79 Å². The van der Waals surface area contributed by atoms with E-state index >= 15 is 0 Å². The maximum atomic E-state index is 12.9. The number of pyridine rings is 1. The maximum absolute atomic E-state index is 12.9. The second-order valence-corrected chi connectivity index (χ2v) is 9.10. The standard InChI is InChI=1S/C23H24BrCl2N3O2/c1-5-31-22(30)20-21(29(13(2)3)23(24)28-20)19(12-17-11-16(26)8-9-27-17)18-7-6-15(25)10-14(18)4/h6-11,13,19H,5,12H2,1-4H3. The number of halogens is 3. The van der Waals surface area contributed by atoms with Crippen molar-refractivity contribution < 1.29 is 9.53 Å². The van der Waals surface area contributed by atoms with Crippen molar-refractivity contribution in [1.82, 2.24) is 14.5 Å². The maximum Gasteiger partial charge on any atom is 0.358 e. The summed E-state index contributed by atoms with van der Waals surface area (Å²) in [4.78, 5) is 21.9. The number of aryl methyl sites for hydroxylation is 1. The van der Waals surface area contributed by atoms with Gasteiger partial charge in [0.25, 0.3) is 0 Å². The van der Waals surface area contributed by atoms with Crippen molar-refractivity contribution in [1.29, 1.82) is 0 Å². The molecule has 0 aliphatic heterocycles. The third-order valence-corrected chi connectivity index (χ3v) is 6.05. The predicted molar refractivity (Wildman–Crippen MR) is 127 cm³/mol. The van der Waals surface area contributed by atoms with Gasteiger partial charge >= 0.3 is 5.97 Å². The lowest BCUT2D eigenvalue weighted by atomic mass is 9.86. The lowest BCUT2D eigenvalue weighted by Crippen LogP contribution is -2.19. The highest BCUT2D eigenvalue weighted by molar-refractivity contribution is 9.10. The smallest absolute Gasteiger partial charge is 0.358 e. The average molecular weight is 525 g/mol. The van der Waals surface area contributed by atoms with Gasteiger partial charge in [-0.3, -0.25) is 4.98 Å². The van der Waals surface area contributed by atoms with E-state index in [1.165, 1.54) is 0 Å². The van der Waals surface area contributed by atoms with E-state index in [4.69, 9.17) is 27.9 Å². The van der Waals surface area contributed by atoms with Crippen LogP contribution in [0.1, 0.15) is 65.7 Å². The lowest BCUT2D eigenvalue weighted by Gasteiger charge is -2.24. The molecule has 2 aromatic heterocycles. The van der Waals surface area contributed by atoms with E-state index in [0.717, 1.165) is 22.5 Å². The van der Waals surface area contributed by atoms with Gasteiger partial charge in [0, 0.05) is 40.3 Å². The van der Waals surface area contributed by atoms with Gasteiger partial charge < -0.3 is 9.30 Å². The van der Waals surface area contributed by atoms with Crippen LogP contribution in [0.4, 0.5) is 0 Å². The summed E-state index contributed by atoms with van der Waals surface area (Å²) in [6.07, 6.45) is 2.21. The normalized spacial score (nSPS) is 12.3. The molecule has 5 nitrogen and oxygen atoms in total. The Balaban J connectivity index is 2.27. The Hall–Kier alpha value is -1.89. The number of rotatable bonds is 7. The van der Waals surface area contributed by atoms with Crippen LogP contribution in [0.25, 0.3) is 0 Å². The fourth-order valence-corrected chi connectivity index (χ4v) is 4.93. The molecule has 8 heteroatoms. The molecule has 2 heterocycles. The minimum absolute atomic E-state index is 0.0579. The summed E-state index contributed by atoms with van der Waals surface area (Å²) < 4.78 is 7.93. The van der Waals surface area contributed by atoms with Crippen molar-refractivity contribution in [2.24, 2.45) is 0 Å². The number of carbonyl (C=O) groups is 1. The van der Waals surface area contributed by atoms with Crippen molar-refractivity contribution in [3.8, 4) is 0 Å². The molecule has 0 saturated carbocycles. The third kappa shape index (κ3) is 5.30. The van der Waals surface area contributed by atoms with E-state index in [2.05, 4.69) is 25.9 Å². The Morgan fingerprint density at radius 2 is 1.90 bits per heavy atom. The van der Waals surface area contributed by atoms with Crippen LogP contribution in [0.5, 0.6) is 0 Å². The summed E-state index contributed by atoms with van der Waals surface area (Å²) in [5.74, 6) is -0.669. The Bertz CT molecular complexity index is 1100. The molecule has 0 radical (unpaired) electrons. The largest absolute Gasteiger partial charge is 0.461 e. The molecule has 1 unspecified atom stereocenters. The predicted octanol–water partition coefficient (Wildman–Crippen LogP) is 6.79. The third-order valence-electron chi connectivity index (χ3n) is 5.02. The molecule has 0 amide bonds. The second-order valence-electron chi connectivity index (χ2n) is 7.52. The number of carbonyl (C=O) groups excluding carboxylic acids is 1. The highest BCUT2D eigenvalue weighted by Gasteiger charge is 2.31. The Kier molecular flexibility index (Phi) is 7.78. The first kappa shape index (κ1) is 23.8. The van der Waals surface area contributed by atoms with Crippen LogP contribution in [0.3, 0.4) is 0 Å². The molecule has 3 rings (SSSR count). The first-order valence-corrected chi connectivity index (χ1v) is 11.6. The zero-order valence-electron chi connectivity index (χ0n) is 17.8.